The molecule has 0 bridgehead atoms. The van der Waals surface area contributed by atoms with E-state index in [9.17, 15) is 14.4 Å². The molecule has 0 unspecified atom stereocenters. The first-order chi connectivity index (χ1) is 10.3. The van der Waals surface area contributed by atoms with Crippen molar-refractivity contribution in [3.8, 4) is 0 Å². The molecule has 0 aliphatic carbocycles. The van der Waals surface area contributed by atoms with E-state index in [0.29, 0.717) is 31.3 Å². The van der Waals surface area contributed by atoms with Gasteiger partial charge in [-0.25, -0.2) is 0 Å². The molecule has 0 aromatic rings. The molecule has 1 heterocycles. The Kier molecular flexibility index (Phi) is 10.9. The highest BCUT2D eigenvalue weighted by Gasteiger charge is 2.27. The second-order valence-electron chi connectivity index (χ2n) is 6.28. The van der Waals surface area contributed by atoms with Crippen LogP contribution < -0.4 is 11.1 Å². The second-order valence-corrected chi connectivity index (χ2v) is 6.28. The molecule has 0 spiro atoms. The van der Waals surface area contributed by atoms with E-state index in [1.807, 2.05) is 0 Å². The molecule has 1 aliphatic heterocycles. The summed E-state index contributed by atoms with van der Waals surface area (Å²) in [6, 6.07) is 0.336. The highest BCUT2D eigenvalue weighted by atomic mass is 16.1. The van der Waals surface area contributed by atoms with Crippen LogP contribution in [0, 0.1) is 11.8 Å². The van der Waals surface area contributed by atoms with Gasteiger partial charge in [0, 0.05) is 24.8 Å². The first-order valence-corrected chi connectivity index (χ1v) is 8.29. The fourth-order valence-corrected chi connectivity index (χ4v) is 2.38. The van der Waals surface area contributed by atoms with E-state index in [0.717, 1.165) is 19.3 Å². The lowest BCUT2D eigenvalue weighted by molar-refractivity contribution is -0.129. The number of rotatable bonds is 3. The molecule has 3 atom stereocenters. The second kappa shape index (κ2) is 11.5. The third-order valence-corrected chi connectivity index (χ3v) is 4.20. The van der Waals surface area contributed by atoms with Crippen LogP contribution in [-0.4, -0.2) is 36.5 Å². The first-order valence-electron chi connectivity index (χ1n) is 8.29. The molecule has 5 nitrogen and oxygen atoms in total. The van der Waals surface area contributed by atoms with Crippen LogP contribution in [0.1, 0.15) is 59.8 Å². The standard InChI is InChI=1S/C14H25NO2.C3H7NO/c1-4-10(2)13-8-12(16)7-5-6-11(3)15-9-14(13)17;1-3(5)2-4/h10-11,13,15H,4-9H2,1-3H3;2,4H2,1H3/t10-,11+,13-;/m0./s1. The quantitative estimate of drug-likeness (QED) is 0.830. The Morgan fingerprint density at radius 2 is 2.00 bits per heavy atom. The zero-order valence-electron chi connectivity index (χ0n) is 14.5. The average Bonchev–Trinajstić information content (AvgIpc) is 2.49. The summed E-state index contributed by atoms with van der Waals surface area (Å²) in [5.74, 6) is 0.734. The minimum atomic E-state index is -0.0784. The smallest absolute Gasteiger partial charge is 0.150 e. The molecule has 128 valence electrons. The van der Waals surface area contributed by atoms with E-state index in [4.69, 9.17) is 5.73 Å². The fraction of sp³-hybridized carbons (Fsp3) is 0.824. The molecular formula is C17H32N2O3. The van der Waals surface area contributed by atoms with Gasteiger partial charge in [0.1, 0.15) is 17.3 Å². The van der Waals surface area contributed by atoms with Crippen LogP contribution in [0.5, 0.6) is 0 Å². The number of hydrogen-bond acceptors (Lipinski definition) is 5. The van der Waals surface area contributed by atoms with Crippen molar-refractivity contribution in [1.82, 2.24) is 5.32 Å². The van der Waals surface area contributed by atoms with Crippen molar-refractivity contribution in [2.24, 2.45) is 17.6 Å². The van der Waals surface area contributed by atoms with Crippen LogP contribution in [0.15, 0.2) is 0 Å². The molecule has 0 radical (unpaired) electrons. The SMILES string of the molecule is CC(=O)CN.CC[C@H](C)[C@@H]1CC(=O)CCC[C@@H](C)NCC1=O. The number of carbonyl (C=O) groups excluding carboxylic acids is 3. The van der Waals surface area contributed by atoms with Gasteiger partial charge in [-0.05, 0) is 32.6 Å². The highest BCUT2D eigenvalue weighted by molar-refractivity contribution is 5.89. The fourth-order valence-electron chi connectivity index (χ4n) is 2.38. The van der Waals surface area contributed by atoms with Gasteiger partial charge in [0.25, 0.3) is 0 Å². The van der Waals surface area contributed by atoms with Crippen molar-refractivity contribution in [2.75, 3.05) is 13.1 Å². The van der Waals surface area contributed by atoms with Crippen LogP contribution >= 0.6 is 0 Å². The lowest BCUT2D eigenvalue weighted by Gasteiger charge is -2.24. The van der Waals surface area contributed by atoms with E-state index in [1.165, 1.54) is 6.92 Å². The van der Waals surface area contributed by atoms with Crippen molar-refractivity contribution >= 4 is 17.3 Å². The molecule has 0 aromatic heterocycles. The van der Waals surface area contributed by atoms with E-state index in [1.54, 1.807) is 0 Å². The maximum atomic E-state index is 12.1. The Bertz CT molecular complexity index is 369. The van der Waals surface area contributed by atoms with Crippen molar-refractivity contribution in [3.63, 3.8) is 0 Å². The summed E-state index contributed by atoms with van der Waals surface area (Å²) in [6.07, 6.45) is 3.96. The molecule has 0 aromatic carbocycles. The minimum absolute atomic E-state index is 0.0324. The predicted molar refractivity (Wildman–Crippen MR) is 88.6 cm³/mol. The lowest BCUT2D eigenvalue weighted by atomic mass is 9.83. The number of nitrogens with two attached hydrogens (primary N) is 1. The third-order valence-electron chi connectivity index (χ3n) is 4.20. The average molecular weight is 312 g/mol. The summed E-state index contributed by atoms with van der Waals surface area (Å²) in [5.41, 5.74) is 4.82. The summed E-state index contributed by atoms with van der Waals surface area (Å²) in [5, 5.41) is 3.26. The summed E-state index contributed by atoms with van der Waals surface area (Å²) in [7, 11) is 0. The van der Waals surface area contributed by atoms with Gasteiger partial charge < -0.3 is 11.1 Å². The van der Waals surface area contributed by atoms with Gasteiger partial charge in [0.05, 0.1) is 13.1 Å². The molecule has 1 saturated heterocycles. The monoisotopic (exact) mass is 312 g/mol. The maximum absolute atomic E-state index is 12.1. The van der Waals surface area contributed by atoms with Gasteiger partial charge in [0.2, 0.25) is 0 Å². The van der Waals surface area contributed by atoms with Crippen LogP contribution in [0.4, 0.5) is 0 Å². The summed E-state index contributed by atoms with van der Waals surface area (Å²) in [4.78, 5) is 33.6. The number of carbonyl (C=O) groups is 3. The molecular weight excluding hydrogens is 280 g/mol. The van der Waals surface area contributed by atoms with E-state index >= 15 is 0 Å². The van der Waals surface area contributed by atoms with Crippen LogP contribution in [-0.2, 0) is 14.4 Å². The number of hydrogen-bond donors (Lipinski definition) is 2. The van der Waals surface area contributed by atoms with Gasteiger partial charge in [-0.15, -0.1) is 0 Å². The zero-order chi connectivity index (χ0) is 17.1. The van der Waals surface area contributed by atoms with E-state index < -0.39 is 0 Å². The summed E-state index contributed by atoms with van der Waals surface area (Å²) < 4.78 is 0. The Balaban J connectivity index is 0.000000763. The molecule has 22 heavy (non-hydrogen) atoms. The van der Waals surface area contributed by atoms with Crippen molar-refractivity contribution in [1.29, 1.82) is 0 Å². The summed E-state index contributed by atoms with van der Waals surface area (Å²) in [6.45, 7) is 8.28. The van der Waals surface area contributed by atoms with Gasteiger partial charge in [0.15, 0.2) is 0 Å². The topological polar surface area (TPSA) is 89.3 Å². The zero-order valence-corrected chi connectivity index (χ0v) is 14.5. The lowest BCUT2D eigenvalue weighted by Crippen LogP contribution is -2.38. The Labute approximate surface area is 134 Å². The Morgan fingerprint density at radius 3 is 2.50 bits per heavy atom. The van der Waals surface area contributed by atoms with Crippen LogP contribution in [0.25, 0.3) is 0 Å². The molecule has 5 heteroatoms. The Hall–Kier alpha value is -1.07. The van der Waals surface area contributed by atoms with Crippen molar-refractivity contribution in [2.45, 2.75) is 65.8 Å². The maximum Gasteiger partial charge on any atom is 0.150 e. The van der Waals surface area contributed by atoms with Gasteiger partial charge in [-0.2, -0.15) is 0 Å². The van der Waals surface area contributed by atoms with Crippen LogP contribution in [0.3, 0.4) is 0 Å². The van der Waals surface area contributed by atoms with Crippen molar-refractivity contribution in [3.05, 3.63) is 0 Å². The normalized spacial score (nSPS) is 25.0. The molecule has 1 fully saturated rings. The summed E-state index contributed by atoms with van der Waals surface area (Å²) >= 11 is 0. The third kappa shape index (κ3) is 9.05. The first kappa shape index (κ1) is 20.9. The molecule has 1 aliphatic rings. The molecule has 1 rings (SSSR count). The minimum Gasteiger partial charge on any atom is -0.324 e. The largest absolute Gasteiger partial charge is 0.324 e. The van der Waals surface area contributed by atoms with E-state index in [2.05, 4.69) is 26.1 Å². The van der Waals surface area contributed by atoms with Gasteiger partial charge in [-0.1, -0.05) is 20.3 Å². The Morgan fingerprint density at radius 1 is 1.41 bits per heavy atom. The van der Waals surface area contributed by atoms with Crippen molar-refractivity contribution < 1.29 is 14.4 Å². The number of nitrogens with one attached hydrogen (secondary N) is 1. The van der Waals surface area contributed by atoms with E-state index in [-0.39, 0.29) is 29.8 Å². The number of Topliss-reactive ketones (excluding diaryl/α,β-unsaturated/α-hetero) is 3. The highest BCUT2D eigenvalue weighted by Crippen LogP contribution is 2.22. The number of ketones is 3. The van der Waals surface area contributed by atoms with Gasteiger partial charge in [-0.3, -0.25) is 14.4 Å². The molecule has 3 N–H and O–H groups in total. The van der Waals surface area contributed by atoms with Crippen LogP contribution in [0.2, 0.25) is 0 Å². The predicted octanol–water partition coefficient (Wildman–Crippen LogP) is 1.87. The molecule has 0 saturated carbocycles. The van der Waals surface area contributed by atoms with Gasteiger partial charge >= 0.3 is 0 Å². The molecule has 0 amide bonds.